The maximum Gasteiger partial charge on any atom is 0.123 e. The number of aromatic nitrogens is 2. The van der Waals surface area contributed by atoms with E-state index in [4.69, 9.17) is 9.98 Å². The Morgan fingerprint density at radius 2 is 1.50 bits per heavy atom. The van der Waals surface area contributed by atoms with E-state index in [0.29, 0.717) is 0 Å². The van der Waals surface area contributed by atoms with E-state index in [-0.39, 0.29) is 17.7 Å². The minimum absolute atomic E-state index is 0.262. The van der Waals surface area contributed by atoms with Gasteiger partial charge in [-0.15, -0.1) is 0 Å². The number of benzene rings is 4. The summed E-state index contributed by atoms with van der Waals surface area (Å²) in [7, 11) is 0. The number of halogens is 2. The monoisotopic (exact) mass is 480 g/mol. The number of para-hydroxylation sites is 2. The highest BCUT2D eigenvalue weighted by Crippen LogP contribution is 2.31. The molecule has 0 bridgehead atoms. The number of nitrogens with zero attached hydrogens (tertiary/aromatic N) is 3. The van der Waals surface area contributed by atoms with Crippen molar-refractivity contribution in [2.75, 3.05) is 5.32 Å². The first-order chi connectivity index (χ1) is 17.6. The van der Waals surface area contributed by atoms with Crippen LogP contribution < -0.4 is 10.7 Å². The van der Waals surface area contributed by atoms with Crippen molar-refractivity contribution in [3.8, 4) is 17.1 Å². The van der Waals surface area contributed by atoms with Crippen LogP contribution in [0.3, 0.4) is 0 Å². The van der Waals surface area contributed by atoms with Crippen LogP contribution in [0.1, 0.15) is 32.1 Å². The molecule has 180 valence electrons. The number of hydrogen-bond donors (Lipinski definition) is 1. The van der Waals surface area contributed by atoms with Crippen molar-refractivity contribution >= 4 is 22.4 Å². The molecule has 0 amide bonds. The van der Waals surface area contributed by atoms with Crippen LogP contribution in [-0.2, 0) is 0 Å². The molecule has 1 aliphatic heterocycles. The van der Waals surface area contributed by atoms with E-state index in [9.17, 15) is 8.78 Å². The van der Waals surface area contributed by atoms with Crippen LogP contribution in [0.5, 0.6) is 0 Å². The zero-order chi connectivity index (χ0) is 24.5. The Balaban J connectivity index is 1.61. The zero-order valence-electron chi connectivity index (χ0n) is 19.8. The minimum Gasteiger partial charge on any atom is -0.354 e. The van der Waals surface area contributed by atoms with E-state index < -0.39 is 0 Å². The van der Waals surface area contributed by atoms with Crippen molar-refractivity contribution in [1.82, 2.24) is 9.55 Å². The first kappa shape index (κ1) is 22.4. The summed E-state index contributed by atoms with van der Waals surface area (Å²) >= 11 is 0. The average molecular weight is 481 g/mol. The molecule has 6 rings (SSSR count). The van der Waals surface area contributed by atoms with Gasteiger partial charge < -0.3 is 9.88 Å². The third-order valence-corrected chi connectivity index (χ3v) is 6.80. The number of anilines is 2. The molecule has 1 N–H and O–H groups in total. The van der Waals surface area contributed by atoms with Gasteiger partial charge in [-0.1, -0.05) is 31.4 Å². The molecule has 0 unspecified atom stereocenters. The predicted octanol–water partition coefficient (Wildman–Crippen LogP) is 7.39. The molecule has 0 atom stereocenters. The Morgan fingerprint density at radius 1 is 0.806 bits per heavy atom. The Labute approximate surface area is 208 Å². The summed E-state index contributed by atoms with van der Waals surface area (Å²) < 4.78 is 29.4. The van der Waals surface area contributed by atoms with Crippen LogP contribution in [0.25, 0.3) is 28.1 Å². The Morgan fingerprint density at radius 3 is 2.25 bits per heavy atom. The fourth-order valence-electron chi connectivity index (χ4n) is 5.01. The molecular weight excluding hydrogens is 454 g/mol. The van der Waals surface area contributed by atoms with Crippen LogP contribution in [0, 0.1) is 11.6 Å². The molecule has 1 heterocycles. The molecule has 3 aromatic rings. The molecule has 3 aliphatic rings. The van der Waals surface area contributed by atoms with Gasteiger partial charge in [-0.05, 0) is 85.6 Å². The van der Waals surface area contributed by atoms with E-state index >= 15 is 0 Å². The van der Waals surface area contributed by atoms with Gasteiger partial charge in [-0.3, -0.25) is 4.99 Å². The Bertz CT molecular complexity index is 1550. The highest BCUT2D eigenvalue weighted by Gasteiger charge is 2.18. The zero-order valence-corrected chi connectivity index (χ0v) is 19.8. The van der Waals surface area contributed by atoms with E-state index in [1.165, 1.54) is 43.5 Å². The molecule has 6 heteroatoms. The summed E-state index contributed by atoms with van der Waals surface area (Å²) in [5.74, 6) is -0.555. The van der Waals surface area contributed by atoms with Gasteiger partial charge in [0.2, 0.25) is 0 Å². The maximum absolute atomic E-state index is 13.8. The van der Waals surface area contributed by atoms with Crippen LogP contribution in [0.15, 0.2) is 89.9 Å². The van der Waals surface area contributed by atoms with E-state index in [0.717, 1.165) is 57.7 Å². The second-order valence-electron chi connectivity index (χ2n) is 9.32. The maximum atomic E-state index is 13.8. The minimum atomic E-state index is -0.278. The van der Waals surface area contributed by atoms with Gasteiger partial charge in [-0.2, -0.15) is 0 Å². The molecule has 4 nitrogen and oxygen atoms in total. The van der Waals surface area contributed by atoms with Gasteiger partial charge in [0.15, 0.2) is 0 Å². The fraction of sp³-hybridized carbons (Fsp3) is 0.200. The topological polar surface area (TPSA) is 42.2 Å². The van der Waals surface area contributed by atoms with E-state index in [1.807, 2.05) is 30.3 Å². The van der Waals surface area contributed by atoms with Crippen molar-refractivity contribution in [3.63, 3.8) is 0 Å². The SMILES string of the molecule is Fc1ccc(Nc2cc3nc4ccccc4n(-c4ccc(F)cc4)c-3cc2=NC2CCCCC2)cc1. The Kier molecular flexibility index (Phi) is 5.93. The third kappa shape index (κ3) is 4.47. The van der Waals surface area contributed by atoms with Gasteiger partial charge in [0.25, 0.3) is 0 Å². The lowest BCUT2D eigenvalue weighted by molar-refractivity contribution is 0.437. The molecule has 1 fully saturated rings. The number of fused-ring (bicyclic) bond motifs is 2. The quantitative estimate of drug-likeness (QED) is 0.273. The van der Waals surface area contributed by atoms with Crippen LogP contribution in [-0.4, -0.2) is 15.6 Å². The van der Waals surface area contributed by atoms with Crippen molar-refractivity contribution < 1.29 is 8.78 Å². The lowest BCUT2D eigenvalue weighted by atomic mass is 9.96. The molecule has 1 saturated carbocycles. The van der Waals surface area contributed by atoms with Crippen molar-refractivity contribution in [2.24, 2.45) is 4.99 Å². The lowest BCUT2D eigenvalue weighted by Gasteiger charge is -2.21. The van der Waals surface area contributed by atoms with Gasteiger partial charge in [0.1, 0.15) is 11.6 Å². The summed E-state index contributed by atoms with van der Waals surface area (Å²) in [6.07, 6.45) is 5.77. The van der Waals surface area contributed by atoms with Gasteiger partial charge in [0.05, 0.1) is 39.5 Å². The van der Waals surface area contributed by atoms with Crippen molar-refractivity contribution in [1.29, 1.82) is 0 Å². The van der Waals surface area contributed by atoms with Gasteiger partial charge >= 0.3 is 0 Å². The molecular formula is C30H26F2N4. The fourth-order valence-corrected chi connectivity index (χ4v) is 5.01. The van der Waals surface area contributed by atoms with E-state index in [2.05, 4.69) is 16.0 Å². The molecule has 2 aliphatic carbocycles. The highest BCUT2D eigenvalue weighted by molar-refractivity contribution is 5.84. The molecule has 3 aromatic carbocycles. The second-order valence-corrected chi connectivity index (χ2v) is 9.32. The summed E-state index contributed by atoms with van der Waals surface area (Å²) in [5, 5.41) is 4.28. The van der Waals surface area contributed by atoms with Gasteiger partial charge in [0, 0.05) is 11.4 Å². The summed E-state index contributed by atoms with van der Waals surface area (Å²) in [6, 6.07) is 25.1. The molecule has 0 saturated heterocycles. The number of rotatable bonds is 4. The Hall–Kier alpha value is -4.06. The second kappa shape index (κ2) is 9.53. The normalized spacial score (nSPS) is 15.0. The molecule has 0 aromatic heterocycles. The lowest BCUT2D eigenvalue weighted by Crippen LogP contribution is -2.19. The number of hydrogen-bond acceptors (Lipinski definition) is 3. The van der Waals surface area contributed by atoms with E-state index in [1.54, 1.807) is 24.3 Å². The predicted molar refractivity (Wildman–Crippen MR) is 140 cm³/mol. The van der Waals surface area contributed by atoms with Crippen LogP contribution in [0.2, 0.25) is 0 Å². The molecule has 0 radical (unpaired) electrons. The number of nitrogens with one attached hydrogen (secondary N) is 1. The molecule has 36 heavy (non-hydrogen) atoms. The van der Waals surface area contributed by atoms with Crippen molar-refractivity contribution in [2.45, 2.75) is 38.1 Å². The van der Waals surface area contributed by atoms with Crippen LogP contribution >= 0.6 is 0 Å². The third-order valence-electron chi connectivity index (χ3n) is 6.80. The van der Waals surface area contributed by atoms with Crippen molar-refractivity contribution in [3.05, 3.63) is 102 Å². The smallest absolute Gasteiger partial charge is 0.123 e. The summed E-state index contributed by atoms with van der Waals surface area (Å²) in [6.45, 7) is 0. The highest BCUT2D eigenvalue weighted by atomic mass is 19.1. The van der Waals surface area contributed by atoms with Gasteiger partial charge in [-0.25, -0.2) is 13.8 Å². The standard InChI is InChI=1S/C30H26F2N4/c31-20-10-14-23(15-11-20)34-26-18-28-30(19-27(26)33-22-6-2-1-3-7-22)36(24-16-12-21(32)13-17-24)29-9-5-4-8-25(29)35-28/h4-5,8-19,22,34H,1-3,6-7H2. The van der Waals surface area contributed by atoms with Crippen LogP contribution in [0.4, 0.5) is 20.2 Å². The summed E-state index contributed by atoms with van der Waals surface area (Å²) in [4.78, 5) is 10.1. The first-order valence-corrected chi connectivity index (χ1v) is 12.4. The summed E-state index contributed by atoms with van der Waals surface area (Å²) in [5.41, 5.74) is 5.89. The molecule has 0 spiro atoms. The average Bonchev–Trinajstić information content (AvgIpc) is 2.90. The first-order valence-electron chi connectivity index (χ1n) is 12.4. The largest absolute Gasteiger partial charge is 0.354 e.